The zero-order chi connectivity index (χ0) is 24.6. The number of nitrogens with one attached hydrogen (secondary N) is 1. The van der Waals surface area contributed by atoms with Crippen LogP contribution in [0.4, 0.5) is 0 Å². The number of aromatic nitrogens is 1. The van der Waals surface area contributed by atoms with Crippen LogP contribution in [0.5, 0.6) is 5.75 Å². The highest BCUT2D eigenvalue weighted by molar-refractivity contribution is 7.90. The van der Waals surface area contributed by atoms with Crippen LogP contribution in [0, 0.1) is 0 Å². The molecule has 0 spiro atoms. The topological polar surface area (TPSA) is 85.4 Å². The minimum atomic E-state index is -4.15. The fourth-order valence-corrected chi connectivity index (χ4v) is 6.44. The molecule has 35 heavy (non-hydrogen) atoms. The first kappa shape index (κ1) is 23.3. The Morgan fingerprint density at radius 1 is 1.06 bits per heavy atom. The van der Waals surface area contributed by atoms with Crippen LogP contribution in [0.15, 0.2) is 83.9 Å². The van der Waals surface area contributed by atoms with E-state index < -0.39 is 21.3 Å². The maximum absolute atomic E-state index is 13.9. The second-order valence-corrected chi connectivity index (χ2v) is 10.7. The summed E-state index contributed by atoms with van der Waals surface area (Å²) in [5, 5.41) is 1.89. The zero-order valence-electron chi connectivity index (χ0n) is 19.0. The van der Waals surface area contributed by atoms with E-state index >= 15 is 0 Å². The predicted octanol–water partition coefficient (Wildman–Crippen LogP) is 4.83. The van der Waals surface area contributed by atoms with E-state index in [-0.39, 0.29) is 11.3 Å². The van der Waals surface area contributed by atoms with Gasteiger partial charge in [0.25, 0.3) is 10.0 Å². The molecule has 6 nitrogen and oxygen atoms in total. The fraction of sp³-hybridized carbons (Fsp3) is 0.185. The summed E-state index contributed by atoms with van der Waals surface area (Å²) < 4.78 is 34.5. The second-order valence-electron chi connectivity index (χ2n) is 8.63. The first-order chi connectivity index (χ1) is 16.8. The van der Waals surface area contributed by atoms with Gasteiger partial charge in [0.15, 0.2) is 0 Å². The van der Waals surface area contributed by atoms with Crippen LogP contribution in [0.3, 0.4) is 0 Å². The lowest BCUT2D eigenvalue weighted by molar-refractivity contribution is -0.125. The number of halogens is 1. The molecule has 178 valence electrons. The summed E-state index contributed by atoms with van der Waals surface area (Å²) >= 11 is 6.46. The molecule has 0 bridgehead atoms. The normalized spacial score (nSPS) is 17.2. The summed E-state index contributed by atoms with van der Waals surface area (Å²) in [7, 11) is -2.60. The standard InChI is InChI=1S/C27H23ClN2O4S/c1-34-20-13-12-19(29-17-20)16-27(15-14-22-23(27)9-5-10-24(22)28)26(31)30-35(32,33)25-11-4-7-18-6-2-3-8-21(18)25/h2-13,17H,14-16H2,1H3,(H,30,31). The lowest BCUT2D eigenvalue weighted by atomic mass is 9.77. The highest BCUT2D eigenvalue weighted by Gasteiger charge is 2.47. The minimum Gasteiger partial charge on any atom is -0.495 e. The maximum atomic E-state index is 13.9. The third-order valence-corrected chi connectivity index (χ3v) is 8.40. The number of ether oxygens (including phenoxy) is 1. The molecular formula is C27H23ClN2O4S. The number of hydrogen-bond donors (Lipinski definition) is 1. The van der Waals surface area contributed by atoms with Crippen LogP contribution in [-0.4, -0.2) is 26.4 Å². The summed E-state index contributed by atoms with van der Waals surface area (Å²) in [6.07, 6.45) is 2.78. The van der Waals surface area contributed by atoms with E-state index in [4.69, 9.17) is 16.3 Å². The van der Waals surface area contributed by atoms with Crippen molar-refractivity contribution in [3.63, 3.8) is 0 Å². The Bertz CT molecular complexity index is 1530. The summed E-state index contributed by atoms with van der Waals surface area (Å²) in [5.41, 5.74) is 1.10. The van der Waals surface area contributed by atoms with Crippen molar-refractivity contribution in [1.82, 2.24) is 9.71 Å². The van der Waals surface area contributed by atoms with Gasteiger partial charge in [-0.3, -0.25) is 9.78 Å². The fourth-order valence-electron chi connectivity index (χ4n) is 4.88. The maximum Gasteiger partial charge on any atom is 0.264 e. The summed E-state index contributed by atoms with van der Waals surface area (Å²) in [6, 6.07) is 21.2. The van der Waals surface area contributed by atoms with E-state index in [9.17, 15) is 13.2 Å². The van der Waals surface area contributed by atoms with Gasteiger partial charge in [-0.05, 0) is 53.6 Å². The monoisotopic (exact) mass is 506 g/mol. The van der Waals surface area contributed by atoms with Gasteiger partial charge in [-0.2, -0.15) is 0 Å². The van der Waals surface area contributed by atoms with Gasteiger partial charge in [0.05, 0.1) is 23.6 Å². The lowest BCUT2D eigenvalue weighted by Crippen LogP contribution is -2.47. The van der Waals surface area contributed by atoms with Crippen LogP contribution in [0.2, 0.25) is 5.02 Å². The lowest BCUT2D eigenvalue weighted by Gasteiger charge is -2.29. The third-order valence-electron chi connectivity index (χ3n) is 6.65. The number of amides is 1. The summed E-state index contributed by atoms with van der Waals surface area (Å²) in [6.45, 7) is 0. The number of pyridine rings is 1. The Morgan fingerprint density at radius 3 is 2.60 bits per heavy atom. The Balaban J connectivity index is 1.57. The molecule has 1 aliphatic rings. The number of sulfonamides is 1. The first-order valence-corrected chi connectivity index (χ1v) is 13.0. The average Bonchev–Trinajstić information content (AvgIpc) is 3.24. The Hall–Kier alpha value is -3.42. The van der Waals surface area contributed by atoms with Crippen LogP contribution in [0.25, 0.3) is 10.8 Å². The molecule has 0 saturated carbocycles. The quantitative estimate of drug-likeness (QED) is 0.405. The molecule has 1 heterocycles. The molecule has 8 heteroatoms. The van der Waals surface area contributed by atoms with E-state index in [0.717, 1.165) is 16.5 Å². The number of rotatable bonds is 6. The van der Waals surface area contributed by atoms with Gasteiger partial charge >= 0.3 is 0 Å². The minimum absolute atomic E-state index is 0.0611. The highest BCUT2D eigenvalue weighted by atomic mass is 35.5. The van der Waals surface area contributed by atoms with Gasteiger partial charge in [0, 0.05) is 22.5 Å². The first-order valence-electron chi connectivity index (χ1n) is 11.2. The number of hydrogen-bond acceptors (Lipinski definition) is 5. The smallest absolute Gasteiger partial charge is 0.264 e. The molecule has 0 fully saturated rings. The van der Waals surface area contributed by atoms with Crippen molar-refractivity contribution in [3.05, 3.63) is 101 Å². The van der Waals surface area contributed by atoms with E-state index in [2.05, 4.69) is 9.71 Å². The van der Waals surface area contributed by atoms with Crippen LogP contribution in [-0.2, 0) is 33.1 Å². The number of benzene rings is 3. The second kappa shape index (κ2) is 8.98. The highest BCUT2D eigenvalue weighted by Crippen LogP contribution is 2.44. The molecule has 1 aliphatic carbocycles. The molecule has 0 aliphatic heterocycles. The van der Waals surface area contributed by atoms with Crippen LogP contribution in [0.1, 0.15) is 23.2 Å². The van der Waals surface area contributed by atoms with Crippen molar-refractivity contribution in [2.45, 2.75) is 29.6 Å². The van der Waals surface area contributed by atoms with E-state index in [1.54, 1.807) is 55.8 Å². The van der Waals surface area contributed by atoms with Crippen molar-refractivity contribution in [2.24, 2.45) is 0 Å². The number of fused-ring (bicyclic) bond motifs is 2. The van der Waals surface area contributed by atoms with E-state index in [0.29, 0.717) is 34.7 Å². The largest absolute Gasteiger partial charge is 0.495 e. The van der Waals surface area contributed by atoms with Gasteiger partial charge in [0.1, 0.15) is 5.75 Å². The molecule has 1 unspecified atom stereocenters. The van der Waals surface area contributed by atoms with Gasteiger partial charge in [0.2, 0.25) is 5.91 Å². The van der Waals surface area contributed by atoms with E-state index in [1.807, 2.05) is 24.3 Å². The zero-order valence-corrected chi connectivity index (χ0v) is 20.6. The van der Waals surface area contributed by atoms with Crippen molar-refractivity contribution in [2.75, 3.05) is 7.11 Å². The number of carbonyl (C=O) groups is 1. The molecular weight excluding hydrogens is 484 g/mol. The van der Waals surface area contributed by atoms with Crippen LogP contribution >= 0.6 is 11.6 Å². The summed E-state index contributed by atoms with van der Waals surface area (Å²) in [5.74, 6) is 0.00437. The Labute approximate surface area is 209 Å². The average molecular weight is 507 g/mol. The van der Waals surface area contributed by atoms with Gasteiger partial charge in [-0.25, -0.2) is 13.1 Å². The molecule has 0 radical (unpaired) electrons. The Morgan fingerprint density at radius 2 is 1.83 bits per heavy atom. The summed E-state index contributed by atoms with van der Waals surface area (Å²) in [4.78, 5) is 18.4. The molecule has 1 N–H and O–H groups in total. The molecule has 0 saturated heterocycles. The van der Waals surface area contributed by atoms with Crippen molar-refractivity contribution in [3.8, 4) is 5.75 Å². The third kappa shape index (κ3) is 4.15. The molecule has 3 aromatic carbocycles. The SMILES string of the molecule is COc1ccc(CC2(C(=O)NS(=O)(=O)c3cccc4ccccc34)CCc3c(Cl)cccc32)nc1. The van der Waals surface area contributed by atoms with Crippen LogP contribution < -0.4 is 9.46 Å². The predicted molar refractivity (Wildman–Crippen MR) is 135 cm³/mol. The van der Waals surface area contributed by atoms with Gasteiger partial charge in [-0.1, -0.05) is 60.1 Å². The van der Waals surface area contributed by atoms with Crippen molar-refractivity contribution in [1.29, 1.82) is 0 Å². The Kier molecular flexibility index (Phi) is 5.99. The molecule has 4 aromatic rings. The number of nitrogens with zero attached hydrogens (tertiary/aromatic N) is 1. The van der Waals surface area contributed by atoms with E-state index in [1.165, 1.54) is 6.07 Å². The van der Waals surface area contributed by atoms with Gasteiger partial charge < -0.3 is 4.74 Å². The molecule has 1 atom stereocenters. The van der Waals surface area contributed by atoms with Crippen molar-refractivity contribution >= 4 is 38.3 Å². The molecule has 5 rings (SSSR count). The van der Waals surface area contributed by atoms with Crippen molar-refractivity contribution < 1.29 is 17.9 Å². The number of carbonyl (C=O) groups excluding carboxylic acids is 1. The molecule has 1 aromatic heterocycles. The number of methoxy groups -OCH3 is 1. The van der Waals surface area contributed by atoms with Gasteiger partial charge in [-0.15, -0.1) is 0 Å². The molecule has 1 amide bonds.